The lowest BCUT2D eigenvalue weighted by Crippen LogP contribution is -2.47. The third-order valence-corrected chi connectivity index (χ3v) is 4.59. The molecule has 1 saturated heterocycles. The SMILES string of the molecule is O=c1[nH]c(-c2ccc(OCCN3CCN(c4ccccc4)CC3)cn2)no1. The van der Waals surface area contributed by atoms with Gasteiger partial charge in [0.25, 0.3) is 0 Å². The number of pyridine rings is 1. The molecular formula is C19H21N5O3. The zero-order chi connectivity index (χ0) is 18.5. The number of ether oxygens (including phenoxy) is 1. The summed E-state index contributed by atoms with van der Waals surface area (Å²) >= 11 is 0. The first kappa shape index (κ1) is 17.3. The summed E-state index contributed by atoms with van der Waals surface area (Å²) in [7, 11) is 0. The number of piperazine rings is 1. The number of anilines is 1. The largest absolute Gasteiger partial charge is 0.491 e. The first-order valence-corrected chi connectivity index (χ1v) is 8.95. The number of rotatable bonds is 6. The Balaban J connectivity index is 1.22. The van der Waals surface area contributed by atoms with Crippen molar-refractivity contribution in [2.24, 2.45) is 0 Å². The van der Waals surface area contributed by atoms with Gasteiger partial charge >= 0.3 is 5.76 Å². The first-order valence-electron chi connectivity index (χ1n) is 8.95. The van der Waals surface area contributed by atoms with Gasteiger partial charge in [0.05, 0.1) is 6.20 Å². The summed E-state index contributed by atoms with van der Waals surface area (Å²) in [4.78, 5) is 22.5. The molecule has 0 saturated carbocycles. The number of para-hydroxylation sites is 1. The van der Waals surface area contributed by atoms with Crippen molar-refractivity contribution in [2.75, 3.05) is 44.2 Å². The lowest BCUT2D eigenvalue weighted by molar-refractivity contribution is 0.200. The number of benzene rings is 1. The maximum Gasteiger partial charge on any atom is 0.439 e. The van der Waals surface area contributed by atoms with Gasteiger partial charge in [0.2, 0.25) is 5.82 Å². The van der Waals surface area contributed by atoms with Gasteiger partial charge in [-0.3, -0.25) is 14.4 Å². The molecule has 0 spiro atoms. The van der Waals surface area contributed by atoms with Gasteiger partial charge < -0.3 is 9.64 Å². The number of H-pyrrole nitrogens is 1. The predicted molar refractivity (Wildman–Crippen MR) is 101 cm³/mol. The van der Waals surface area contributed by atoms with E-state index >= 15 is 0 Å². The maximum absolute atomic E-state index is 11.0. The van der Waals surface area contributed by atoms with Crippen molar-refractivity contribution in [1.82, 2.24) is 20.0 Å². The Kier molecular flexibility index (Phi) is 5.15. The molecule has 1 fully saturated rings. The molecule has 0 aliphatic carbocycles. The first-order chi connectivity index (χ1) is 13.3. The molecule has 1 N–H and O–H groups in total. The van der Waals surface area contributed by atoms with Gasteiger partial charge in [-0.2, -0.15) is 0 Å². The van der Waals surface area contributed by atoms with Gasteiger partial charge in [-0.05, 0) is 24.3 Å². The van der Waals surface area contributed by atoms with Crippen molar-refractivity contribution in [2.45, 2.75) is 0 Å². The van der Waals surface area contributed by atoms with Gasteiger partial charge in [0.1, 0.15) is 18.1 Å². The zero-order valence-corrected chi connectivity index (χ0v) is 14.9. The van der Waals surface area contributed by atoms with Crippen molar-refractivity contribution < 1.29 is 9.26 Å². The van der Waals surface area contributed by atoms with Crippen LogP contribution in [0.2, 0.25) is 0 Å². The molecule has 4 rings (SSSR count). The van der Waals surface area contributed by atoms with E-state index in [1.165, 1.54) is 5.69 Å². The number of hydrogen-bond acceptors (Lipinski definition) is 7. The minimum absolute atomic E-state index is 0.308. The number of nitrogens with zero attached hydrogens (tertiary/aromatic N) is 4. The fourth-order valence-electron chi connectivity index (χ4n) is 3.11. The molecule has 140 valence electrons. The quantitative estimate of drug-likeness (QED) is 0.708. The van der Waals surface area contributed by atoms with E-state index in [-0.39, 0.29) is 0 Å². The Morgan fingerprint density at radius 2 is 1.89 bits per heavy atom. The lowest BCUT2D eigenvalue weighted by Gasteiger charge is -2.36. The molecular weight excluding hydrogens is 346 g/mol. The molecule has 1 aliphatic heterocycles. The summed E-state index contributed by atoms with van der Waals surface area (Å²) in [6.07, 6.45) is 1.62. The molecule has 0 bridgehead atoms. The van der Waals surface area contributed by atoms with Crippen LogP contribution >= 0.6 is 0 Å². The zero-order valence-electron chi connectivity index (χ0n) is 14.9. The molecule has 0 atom stereocenters. The van der Waals surface area contributed by atoms with Gasteiger partial charge in [-0.15, -0.1) is 0 Å². The van der Waals surface area contributed by atoms with E-state index in [1.54, 1.807) is 12.3 Å². The minimum Gasteiger partial charge on any atom is -0.491 e. The van der Waals surface area contributed by atoms with Crippen LogP contribution in [0, 0.1) is 0 Å². The van der Waals surface area contributed by atoms with Gasteiger partial charge in [0, 0.05) is 38.4 Å². The number of aromatic amines is 1. The van der Waals surface area contributed by atoms with E-state index in [0.29, 0.717) is 23.9 Å². The minimum atomic E-state index is -0.598. The van der Waals surface area contributed by atoms with Crippen LogP contribution in [0.5, 0.6) is 5.75 Å². The summed E-state index contributed by atoms with van der Waals surface area (Å²) in [6.45, 7) is 5.57. The van der Waals surface area contributed by atoms with Crippen molar-refractivity contribution in [3.8, 4) is 17.3 Å². The predicted octanol–water partition coefficient (Wildman–Crippen LogP) is 1.63. The molecule has 3 aromatic rings. The monoisotopic (exact) mass is 367 g/mol. The summed E-state index contributed by atoms with van der Waals surface area (Å²) in [5, 5.41) is 3.61. The van der Waals surface area contributed by atoms with E-state index in [4.69, 9.17) is 4.74 Å². The third-order valence-electron chi connectivity index (χ3n) is 4.59. The molecule has 2 aromatic heterocycles. The van der Waals surface area contributed by atoms with Crippen molar-refractivity contribution in [1.29, 1.82) is 0 Å². The summed E-state index contributed by atoms with van der Waals surface area (Å²) < 4.78 is 10.3. The van der Waals surface area contributed by atoms with E-state index in [2.05, 4.69) is 53.7 Å². The Labute approximate surface area is 156 Å². The highest BCUT2D eigenvalue weighted by Gasteiger charge is 2.16. The average molecular weight is 367 g/mol. The molecule has 0 unspecified atom stereocenters. The van der Waals surface area contributed by atoms with Crippen molar-refractivity contribution in [3.63, 3.8) is 0 Å². The Morgan fingerprint density at radius 3 is 2.56 bits per heavy atom. The Morgan fingerprint density at radius 1 is 1.07 bits per heavy atom. The molecule has 1 aliphatic rings. The number of hydrogen-bond donors (Lipinski definition) is 1. The Hall–Kier alpha value is -3.13. The van der Waals surface area contributed by atoms with Crippen LogP contribution in [0.3, 0.4) is 0 Å². The normalized spacial score (nSPS) is 15.0. The second kappa shape index (κ2) is 8.05. The molecule has 0 radical (unpaired) electrons. The van der Waals surface area contributed by atoms with Crippen LogP contribution in [0.25, 0.3) is 11.5 Å². The fourth-order valence-corrected chi connectivity index (χ4v) is 3.11. The average Bonchev–Trinajstić information content (AvgIpc) is 3.16. The lowest BCUT2D eigenvalue weighted by atomic mass is 10.2. The molecule has 8 nitrogen and oxygen atoms in total. The van der Waals surface area contributed by atoms with Crippen molar-refractivity contribution in [3.05, 3.63) is 59.2 Å². The van der Waals surface area contributed by atoms with Crippen LogP contribution in [-0.2, 0) is 0 Å². The van der Waals surface area contributed by atoms with Gasteiger partial charge in [0.15, 0.2) is 0 Å². The topological polar surface area (TPSA) is 87.5 Å². The molecule has 1 aromatic carbocycles. The van der Waals surface area contributed by atoms with E-state index in [9.17, 15) is 4.79 Å². The highest BCUT2D eigenvalue weighted by Crippen LogP contribution is 2.17. The second-order valence-corrected chi connectivity index (χ2v) is 6.34. The number of nitrogens with one attached hydrogen (secondary N) is 1. The highest BCUT2D eigenvalue weighted by atomic mass is 16.5. The second-order valence-electron chi connectivity index (χ2n) is 6.34. The van der Waals surface area contributed by atoms with Gasteiger partial charge in [-0.1, -0.05) is 23.4 Å². The summed E-state index contributed by atoms with van der Waals surface area (Å²) in [6, 6.07) is 14.1. The summed E-state index contributed by atoms with van der Waals surface area (Å²) in [5.41, 5.74) is 1.82. The third kappa shape index (κ3) is 4.35. The number of aromatic nitrogens is 3. The molecule has 8 heteroatoms. The van der Waals surface area contributed by atoms with Crippen molar-refractivity contribution >= 4 is 5.69 Å². The standard InChI is InChI=1S/C19H21N5O3/c25-19-21-18(22-27-19)17-7-6-16(14-20-17)26-13-12-23-8-10-24(11-9-23)15-4-2-1-3-5-15/h1-7,14H,8-13H2,(H,21,22,25). The van der Waals surface area contributed by atoms with Crippen LogP contribution < -0.4 is 15.4 Å². The Bertz CT molecular complexity index is 899. The van der Waals surface area contributed by atoms with Crippen LogP contribution in [0.4, 0.5) is 5.69 Å². The molecule has 0 amide bonds. The molecule has 3 heterocycles. The highest BCUT2D eigenvalue weighted by molar-refractivity contribution is 5.48. The molecule has 27 heavy (non-hydrogen) atoms. The van der Waals surface area contributed by atoms with E-state index in [0.717, 1.165) is 32.7 Å². The van der Waals surface area contributed by atoms with Gasteiger partial charge in [-0.25, -0.2) is 9.78 Å². The fraction of sp³-hybridized carbons (Fsp3) is 0.316. The summed E-state index contributed by atoms with van der Waals surface area (Å²) in [5.74, 6) is 0.398. The van der Waals surface area contributed by atoms with E-state index < -0.39 is 5.76 Å². The smallest absolute Gasteiger partial charge is 0.439 e. The van der Waals surface area contributed by atoms with Crippen LogP contribution in [0.15, 0.2) is 58.0 Å². The van der Waals surface area contributed by atoms with Crippen LogP contribution in [-0.4, -0.2) is 59.4 Å². The van der Waals surface area contributed by atoms with E-state index in [1.807, 2.05) is 12.1 Å². The maximum atomic E-state index is 11.0. The van der Waals surface area contributed by atoms with Crippen LogP contribution in [0.1, 0.15) is 0 Å².